The van der Waals surface area contributed by atoms with Crippen molar-refractivity contribution in [2.24, 2.45) is 5.73 Å². The molecule has 2 aromatic rings. The van der Waals surface area contributed by atoms with Gasteiger partial charge in [0.2, 0.25) is 5.91 Å². The standard InChI is InChI=1S/C28H38N4O/c1-20(29)26-13-8-14-27(30-26)28(33)32-18-23(21-9-4-2-5-10-21)15-25(32)19-31-16-24(17-31)22-11-6-3-7-12-22/h2-7,9-12,20,23-27,30H,8,13-19,29H2,1H3/t20?,23-,25-,26?,27?/m0/s1. The molecule has 3 unspecified atom stereocenters. The molecule has 33 heavy (non-hydrogen) atoms. The summed E-state index contributed by atoms with van der Waals surface area (Å²) in [5.74, 6) is 1.32. The first-order valence-corrected chi connectivity index (χ1v) is 12.7. The van der Waals surface area contributed by atoms with E-state index in [0.717, 1.165) is 51.9 Å². The predicted molar refractivity (Wildman–Crippen MR) is 133 cm³/mol. The molecular formula is C28H38N4O. The number of nitrogens with one attached hydrogen (secondary N) is 1. The number of hydrogen-bond acceptors (Lipinski definition) is 4. The fourth-order valence-electron chi connectivity index (χ4n) is 6.06. The van der Waals surface area contributed by atoms with E-state index in [-0.39, 0.29) is 30.1 Å². The lowest BCUT2D eigenvalue weighted by Gasteiger charge is -2.43. The Morgan fingerprint density at radius 3 is 2.24 bits per heavy atom. The molecule has 5 atom stereocenters. The lowest BCUT2D eigenvalue weighted by molar-refractivity contribution is -0.135. The predicted octanol–water partition coefficient (Wildman–Crippen LogP) is 3.33. The molecule has 3 fully saturated rings. The fourth-order valence-corrected chi connectivity index (χ4v) is 6.06. The highest BCUT2D eigenvalue weighted by Gasteiger charge is 2.42. The minimum Gasteiger partial charge on any atom is -0.336 e. The average Bonchev–Trinajstić information content (AvgIpc) is 3.25. The molecule has 3 aliphatic rings. The van der Waals surface area contributed by atoms with Crippen LogP contribution in [-0.4, -0.2) is 66.1 Å². The Morgan fingerprint density at radius 1 is 0.970 bits per heavy atom. The van der Waals surface area contributed by atoms with Crippen molar-refractivity contribution in [3.63, 3.8) is 0 Å². The van der Waals surface area contributed by atoms with Crippen LogP contribution >= 0.6 is 0 Å². The van der Waals surface area contributed by atoms with Gasteiger partial charge in [-0.2, -0.15) is 0 Å². The number of hydrogen-bond donors (Lipinski definition) is 2. The molecule has 5 nitrogen and oxygen atoms in total. The molecule has 0 aromatic heterocycles. The highest BCUT2D eigenvalue weighted by molar-refractivity contribution is 5.83. The minimum atomic E-state index is -0.0970. The first kappa shape index (κ1) is 22.6. The quantitative estimate of drug-likeness (QED) is 0.715. The molecule has 3 saturated heterocycles. The van der Waals surface area contributed by atoms with Gasteiger partial charge in [0.05, 0.1) is 6.04 Å². The number of amides is 1. The van der Waals surface area contributed by atoms with Gasteiger partial charge in [-0.3, -0.25) is 9.69 Å². The zero-order valence-corrected chi connectivity index (χ0v) is 19.8. The first-order chi connectivity index (χ1) is 16.1. The smallest absolute Gasteiger partial charge is 0.240 e. The number of nitrogens with two attached hydrogens (primary N) is 1. The summed E-state index contributed by atoms with van der Waals surface area (Å²) in [6, 6.07) is 22.1. The van der Waals surface area contributed by atoms with E-state index in [2.05, 4.69) is 75.8 Å². The van der Waals surface area contributed by atoms with Crippen LogP contribution in [0.5, 0.6) is 0 Å². The Hall–Kier alpha value is -2.21. The molecule has 0 bridgehead atoms. The van der Waals surface area contributed by atoms with E-state index in [1.54, 1.807) is 0 Å². The van der Waals surface area contributed by atoms with Crippen molar-refractivity contribution >= 4 is 5.91 Å². The Kier molecular flexibility index (Phi) is 6.81. The SMILES string of the molecule is CC(N)C1CCCC(C(=O)N2C[C@@H](c3ccccc3)C[C@H]2CN2CC(c3ccccc3)C2)N1. The van der Waals surface area contributed by atoms with Gasteiger partial charge in [-0.15, -0.1) is 0 Å². The lowest BCUT2D eigenvalue weighted by Crippen LogP contribution is -2.58. The highest BCUT2D eigenvalue weighted by atomic mass is 16.2. The van der Waals surface area contributed by atoms with E-state index < -0.39 is 0 Å². The largest absolute Gasteiger partial charge is 0.336 e. The molecular weight excluding hydrogens is 408 g/mol. The number of rotatable bonds is 6. The summed E-state index contributed by atoms with van der Waals surface area (Å²) in [4.78, 5) is 18.5. The van der Waals surface area contributed by atoms with Gasteiger partial charge in [-0.25, -0.2) is 0 Å². The molecule has 1 amide bonds. The summed E-state index contributed by atoms with van der Waals surface area (Å²) < 4.78 is 0. The van der Waals surface area contributed by atoms with Crippen LogP contribution in [0.4, 0.5) is 0 Å². The van der Waals surface area contributed by atoms with Crippen LogP contribution in [0.2, 0.25) is 0 Å². The molecule has 2 aromatic carbocycles. The number of carbonyl (C=O) groups is 1. The topological polar surface area (TPSA) is 61.6 Å². The van der Waals surface area contributed by atoms with Gasteiger partial charge >= 0.3 is 0 Å². The number of piperidine rings is 1. The van der Waals surface area contributed by atoms with Gasteiger partial charge in [-0.1, -0.05) is 60.7 Å². The van der Waals surface area contributed by atoms with Crippen molar-refractivity contribution in [3.05, 3.63) is 71.8 Å². The maximum absolute atomic E-state index is 13.7. The third kappa shape index (κ3) is 5.01. The maximum atomic E-state index is 13.7. The first-order valence-electron chi connectivity index (χ1n) is 12.7. The van der Waals surface area contributed by atoms with Gasteiger partial charge in [-0.05, 0) is 43.7 Å². The summed E-state index contributed by atoms with van der Waals surface area (Å²) in [7, 11) is 0. The van der Waals surface area contributed by atoms with Crippen molar-refractivity contribution in [1.29, 1.82) is 0 Å². The van der Waals surface area contributed by atoms with Gasteiger partial charge in [0, 0.05) is 56.1 Å². The normalized spacial score (nSPS) is 29.6. The Labute approximate surface area is 198 Å². The van der Waals surface area contributed by atoms with Crippen molar-refractivity contribution < 1.29 is 4.79 Å². The minimum absolute atomic E-state index is 0.0723. The second-order valence-corrected chi connectivity index (χ2v) is 10.4. The number of nitrogens with zero attached hydrogens (tertiary/aromatic N) is 2. The van der Waals surface area contributed by atoms with E-state index in [0.29, 0.717) is 11.8 Å². The zero-order valence-electron chi connectivity index (χ0n) is 19.8. The van der Waals surface area contributed by atoms with Crippen molar-refractivity contribution in [2.75, 3.05) is 26.2 Å². The molecule has 176 valence electrons. The molecule has 3 aliphatic heterocycles. The van der Waals surface area contributed by atoms with Gasteiger partial charge < -0.3 is 16.0 Å². The highest BCUT2D eigenvalue weighted by Crippen LogP contribution is 2.35. The Balaban J connectivity index is 1.27. The second kappa shape index (κ2) is 9.96. The summed E-state index contributed by atoms with van der Waals surface area (Å²) in [6.45, 7) is 6.02. The number of likely N-dealkylation sites (tertiary alicyclic amines) is 2. The molecule has 3 heterocycles. The summed E-state index contributed by atoms with van der Waals surface area (Å²) >= 11 is 0. The third-order valence-electron chi connectivity index (χ3n) is 8.02. The maximum Gasteiger partial charge on any atom is 0.240 e. The van der Waals surface area contributed by atoms with Crippen LogP contribution in [0, 0.1) is 0 Å². The molecule has 0 saturated carbocycles. The Bertz CT molecular complexity index is 912. The van der Waals surface area contributed by atoms with E-state index >= 15 is 0 Å². The van der Waals surface area contributed by atoms with E-state index in [1.807, 2.05) is 6.92 Å². The van der Waals surface area contributed by atoms with Crippen LogP contribution in [0.25, 0.3) is 0 Å². The second-order valence-electron chi connectivity index (χ2n) is 10.4. The third-order valence-corrected chi connectivity index (χ3v) is 8.02. The van der Waals surface area contributed by atoms with Crippen LogP contribution in [0.15, 0.2) is 60.7 Å². The average molecular weight is 447 g/mol. The van der Waals surface area contributed by atoms with Crippen molar-refractivity contribution in [1.82, 2.24) is 15.1 Å². The molecule has 0 spiro atoms. The monoisotopic (exact) mass is 446 g/mol. The van der Waals surface area contributed by atoms with Gasteiger partial charge in [0.25, 0.3) is 0 Å². The van der Waals surface area contributed by atoms with Crippen molar-refractivity contribution in [3.8, 4) is 0 Å². The van der Waals surface area contributed by atoms with E-state index in [1.165, 1.54) is 11.1 Å². The molecule has 0 aliphatic carbocycles. The summed E-state index contributed by atoms with van der Waals surface area (Å²) in [5.41, 5.74) is 8.96. The zero-order chi connectivity index (χ0) is 22.8. The molecule has 3 N–H and O–H groups in total. The Morgan fingerprint density at radius 2 is 1.61 bits per heavy atom. The van der Waals surface area contributed by atoms with Crippen LogP contribution in [0.1, 0.15) is 55.6 Å². The van der Waals surface area contributed by atoms with Crippen molar-refractivity contribution in [2.45, 2.75) is 68.6 Å². The van der Waals surface area contributed by atoms with Gasteiger partial charge in [0.1, 0.15) is 0 Å². The molecule has 5 rings (SSSR count). The molecule has 5 heteroatoms. The van der Waals surface area contributed by atoms with Crippen LogP contribution < -0.4 is 11.1 Å². The summed E-state index contributed by atoms with van der Waals surface area (Å²) in [6.07, 6.45) is 4.10. The number of benzene rings is 2. The summed E-state index contributed by atoms with van der Waals surface area (Å²) in [5, 5.41) is 3.58. The number of carbonyl (C=O) groups excluding carboxylic acids is 1. The van der Waals surface area contributed by atoms with Gasteiger partial charge in [0.15, 0.2) is 0 Å². The molecule has 0 radical (unpaired) electrons. The van der Waals surface area contributed by atoms with Crippen LogP contribution in [0.3, 0.4) is 0 Å². The van der Waals surface area contributed by atoms with E-state index in [9.17, 15) is 4.79 Å². The lowest BCUT2D eigenvalue weighted by atomic mass is 9.90. The fraction of sp³-hybridized carbons (Fsp3) is 0.536. The van der Waals surface area contributed by atoms with E-state index in [4.69, 9.17) is 5.73 Å². The van der Waals surface area contributed by atoms with Crippen LogP contribution in [-0.2, 0) is 4.79 Å².